The standard InChI is InChI=1S/C16H25N3O5S2/c1-13(2)17-26(23,24)15-7-5-14(6-8-15)16(20)18-9-4-10-19(12-11-18)25(3,21)22/h5-8,13,17H,4,9-12H2,1-3H3. The van der Waals surface area contributed by atoms with Crippen LogP contribution in [0, 0.1) is 0 Å². The van der Waals surface area contributed by atoms with Gasteiger partial charge >= 0.3 is 0 Å². The van der Waals surface area contributed by atoms with Gasteiger partial charge in [0.25, 0.3) is 5.91 Å². The highest BCUT2D eigenvalue weighted by Crippen LogP contribution is 2.15. The van der Waals surface area contributed by atoms with E-state index in [-0.39, 0.29) is 23.4 Å². The molecule has 1 aromatic rings. The minimum absolute atomic E-state index is 0.0990. The van der Waals surface area contributed by atoms with Crippen molar-refractivity contribution in [2.75, 3.05) is 32.4 Å². The van der Waals surface area contributed by atoms with Gasteiger partial charge in [-0.15, -0.1) is 0 Å². The molecule has 10 heteroatoms. The maximum Gasteiger partial charge on any atom is 0.253 e. The molecule has 1 fully saturated rings. The van der Waals surface area contributed by atoms with Gasteiger partial charge in [0.2, 0.25) is 20.0 Å². The number of benzene rings is 1. The van der Waals surface area contributed by atoms with Crippen LogP contribution < -0.4 is 4.72 Å². The summed E-state index contributed by atoms with van der Waals surface area (Å²) in [6, 6.07) is 5.54. The zero-order valence-electron chi connectivity index (χ0n) is 15.2. The molecule has 1 amide bonds. The van der Waals surface area contributed by atoms with Crippen LogP contribution in [0.3, 0.4) is 0 Å². The Bertz CT molecular complexity index is 848. The van der Waals surface area contributed by atoms with Crippen molar-refractivity contribution in [1.29, 1.82) is 0 Å². The van der Waals surface area contributed by atoms with Crippen molar-refractivity contribution in [3.05, 3.63) is 29.8 Å². The first-order chi connectivity index (χ1) is 12.0. The number of nitrogens with one attached hydrogen (secondary N) is 1. The van der Waals surface area contributed by atoms with Crippen molar-refractivity contribution in [3.8, 4) is 0 Å². The Hall–Kier alpha value is -1.49. The second-order valence-corrected chi connectivity index (χ2v) is 10.3. The topological polar surface area (TPSA) is 104 Å². The van der Waals surface area contributed by atoms with Crippen molar-refractivity contribution in [1.82, 2.24) is 13.9 Å². The fourth-order valence-corrected chi connectivity index (χ4v) is 4.89. The van der Waals surface area contributed by atoms with Crippen molar-refractivity contribution < 1.29 is 21.6 Å². The van der Waals surface area contributed by atoms with E-state index in [2.05, 4.69) is 4.72 Å². The molecule has 26 heavy (non-hydrogen) atoms. The van der Waals surface area contributed by atoms with Crippen molar-refractivity contribution in [3.63, 3.8) is 0 Å². The molecule has 1 N–H and O–H groups in total. The van der Waals surface area contributed by atoms with E-state index in [1.54, 1.807) is 18.7 Å². The van der Waals surface area contributed by atoms with E-state index in [1.165, 1.54) is 28.6 Å². The highest BCUT2D eigenvalue weighted by atomic mass is 32.2. The average molecular weight is 404 g/mol. The third kappa shape index (κ3) is 5.26. The van der Waals surface area contributed by atoms with Gasteiger partial charge in [-0.25, -0.2) is 25.9 Å². The molecule has 1 aliphatic heterocycles. The first kappa shape index (κ1) is 20.8. The van der Waals surface area contributed by atoms with Crippen LogP contribution in [-0.4, -0.2) is 70.4 Å². The number of carbonyl (C=O) groups excluding carboxylic acids is 1. The molecular formula is C16H25N3O5S2. The predicted molar refractivity (Wildman–Crippen MR) is 98.8 cm³/mol. The molecule has 0 aromatic heterocycles. The molecule has 1 saturated heterocycles. The van der Waals surface area contributed by atoms with Gasteiger partial charge in [0.05, 0.1) is 11.2 Å². The monoisotopic (exact) mass is 403 g/mol. The van der Waals surface area contributed by atoms with Gasteiger partial charge in [0.15, 0.2) is 0 Å². The van der Waals surface area contributed by atoms with E-state index >= 15 is 0 Å². The molecule has 0 radical (unpaired) electrons. The number of amides is 1. The molecule has 1 aliphatic rings. The van der Waals surface area contributed by atoms with Crippen LogP contribution in [-0.2, 0) is 20.0 Å². The van der Waals surface area contributed by atoms with E-state index in [9.17, 15) is 21.6 Å². The van der Waals surface area contributed by atoms with Gasteiger partial charge in [-0.1, -0.05) is 0 Å². The number of hydrogen-bond acceptors (Lipinski definition) is 5. The molecule has 1 heterocycles. The first-order valence-electron chi connectivity index (χ1n) is 8.37. The highest BCUT2D eigenvalue weighted by Gasteiger charge is 2.25. The molecule has 2 rings (SSSR count). The summed E-state index contributed by atoms with van der Waals surface area (Å²) in [4.78, 5) is 14.3. The summed E-state index contributed by atoms with van der Waals surface area (Å²) in [7, 11) is -6.88. The summed E-state index contributed by atoms with van der Waals surface area (Å²) >= 11 is 0. The van der Waals surface area contributed by atoms with E-state index in [4.69, 9.17) is 0 Å². The van der Waals surface area contributed by atoms with Gasteiger partial charge in [-0.05, 0) is 44.5 Å². The zero-order chi connectivity index (χ0) is 19.5. The number of hydrogen-bond donors (Lipinski definition) is 1. The van der Waals surface area contributed by atoms with Crippen LogP contribution in [0.2, 0.25) is 0 Å². The number of carbonyl (C=O) groups is 1. The van der Waals surface area contributed by atoms with Gasteiger partial charge in [-0.3, -0.25) is 4.79 Å². The Labute approximate surface area is 155 Å². The fourth-order valence-electron chi connectivity index (χ4n) is 2.77. The zero-order valence-corrected chi connectivity index (χ0v) is 16.8. The minimum atomic E-state index is -3.60. The molecule has 1 aromatic carbocycles. The Morgan fingerprint density at radius 3 is 2.15 bits per heavy atom. The number of sulfonamides is 2. The molecule has 0 spiro atoms. The maximum absolute atomic E-state index is 12.6. The van der Waals surface area contributed by atoms with Gasteiger partial charge in [-0.2, -0.15) is 0 Å². The largest absolute Gasteiger partial charge is 0.337 e. The van der Waals surface area contributed by atoms with Crippen LogP contribution in [0.4, 0.5) is 0 Å². The normalized spacial score (nSPS) is 17.3. The third-order valence-corrected chi connectivity index (χ3v) is 6.99. The molecule has 0 saturated carbocycles. The van der Waals surface area contributed by atoms with Gasteiger partial charge in [0.1, 0.15) is 0 Å². The van der Waals surface area contributed by atoms with Crippen molar-refractivity contribution in [2.45, 2.75) is 31.2 Å². The Morgan fingerprint density at radius 2 is 1.62 bits per heavy atom. The minimum Gasteiger partial charge on any atom is -0.337 e. The lowest BCUT2D eigenvalue weighted by atomic mass is 10.2. The summed E-state index contributed by atoms with van der Waals surface area (Å²) in [5.41, 5.74) is 0.376. The maximum atomic E-state index is 12.6. The van der Waals surface area contributed by atoms with Gasteiger partial charge in [0, 0.05) is 37.8 Å². The second kappa shape index (κ2) is 8.03. The van der Waals surface area contributed by atoms with Crippen LogP contribution in [0.5, 0.6) is 0 Å². The van der Waals surface area contributed by atoms with E-state index in [0.29, 0.717) is 31.6 Å². The second-order valence-electron chi connectivity index (χ2n) is 6.61. The quantitative estimate of drug-likeness (QED) is 0.770. The fraction of sp³-hybridized carbons (Fsp3) is 0.562. The van der Waals surface area contributed by atoms with E-state index in [0.717, 1.165) is 6.26 Å². The van der Waals surface area contributed by atoms with Gasteiger partial charge < -0.3 is 4.90 Å². The molecule has 146 valence electrons. The lowest BCUT2D eigenvalue weighted by Crippen LogP contribution is -2.37. The average Bonchev–Trinajstić information content (AvgIpc) is 2.79. The third-order valence-electron chi connectivity index (χ3n) is 4.01. The Morgan fingerprint density at radius 1 is 1.00 bits per heavy atom. The molecular weight excluding hydrogens is 378 g/mol. The molecule has 0 atom stereocenters. The molecule has 8 nitrogen and oxygen atoms in total. The Balaban J connectivity index is 2.11. The van der Waals surface area contributed by atoms with Crippen molar-refractivity contribution in [2.24, 2.45) is 0 Å². The highest BCUT2D eigenvalue weighted by molar-refractivity contribution is 7.89. The van der Waals surface area contributed by atoms with Crippen LogP contribution in [0.1, 0.15) is 30.6 Å². The SMILES string of the molecule is CC(C)NS(=O)(=O)c1ccc(C(=O)N2CCCN(S(C)(=O)=O)CC2)cc1. The Kier molecular flexibility index (Phi) is 6.43. The van der Waals surface area contributed by atoms with E-state index in [1.807, 2.05) is 0 Å². The molecule has 0 aliphatic carbocycles. The number of rotatable bonds is 5. The molecule has 0 bridgehead atoms. The van der Waals surface area contributed by atoms with Crippen LogP contribution >= 0.6 is 0 Å². The summed E-state index contributed by atoms with van der Waals surface area (Å²) in [5.74, 6) is -0.235. The summed E-state index contributed by atoms with van der Waals surface area (Å²) in [6.07, 6.45) is 1.72. The molecule has 0 unspecified atom stereocenters. The summed E-state index contributed by atoms with van der Waals surface area (Å²) < 4.78 is 51.4. The first-order valence-corrected chi connectivity index (χ1v) is 11.7. The van der Waals surface area contributed by atoms with Crippen LogP contribution in [0.25, 0.3) is 0 Å². The lowest BCUT2D eigenvalue weighted by molar-refractivity contribution is 0.0764. The predicted octanol–water partition coefficient (Wildman–Crippen LogP) is 0.481. The van der Waals surface area contributed by atoms with E-state index < -0.39 is 20.0 Å². The summed E-state index contributed by atoms with van der Waals surface area (Å²) in [6.45, 7) is 4.87. The number of nitrogens with zero attached hydrogens (tertiary/aromatic N) is 2. The lowest BCUT2D eigenvalue weighted by Gasteiger charge is -2.21. The van der Waals surface area contributed by atoms with Crippen molar-refractivity contribution >= 4 is 26.0 Å². The van der Waals surface area contributed by atoms with Crippen LogP contribution in [0.15, 0.2) is 29.2 Å². The summed E-state index contributed by atoms with van der Waals surface area (Å²) in [5, 5.41) is 0. The smallest absolute Gasteiger partial charge is 0.253 e.